The molecule has 0 atom stereocenters. The number of hydrogen-bond acceptors (Lipinski definition) is 4. The lowest BCUT2D eigenvalue weighted by molar-refractivity contribution is 0.0995. The first-order valence-electron chi connectivity index (χ1n) is 5.31. The number of aromatic amines is 1. The maximum absolute atomic E-state index is 11.9. The van der Waals surface area contributed by atoms with Gasteiger partial charge in [0, 0.05) is 5.69 Å². The van der Waals surface area contributed by atoms with E-state index in [1.807, 2.05) is 0 Å². The molecular formula is C12H7BrN2O3S. The van der Waals surface area contributed by atoms with Crippen LogP contribution in [0, 0.1) is 0 Å². The van der Waals surface area contributed by atoms with E-state index in [2.05, 4.69) is 26.2 Å². The van der Waals surface area contributed by atoms with Gasteiger partial charge in [-0.05, 0) is 46.3 Å². The van der Waals surface area contributed by atoms with Crippen LogP contribution in [-0.4, -0.2) is 10.9 Å². The Morgan fingerprint density at radius 1 is 1.32 bits per heavy atom. The zero-order valence-corrected chi connectivity index (χ0v) is 11.8. The second-order valence-electron chi connectivity index (χ2n) is 3.78. The van der Waals surface area contributed by atoms with Crippen molar-refractivity contribution in [2.24, 2.45) is 0 Å². The number of anilines is 1. The van der Waals surface area contributed by atoms with Gasteiger partial charge in [-0.1, -0.05) is 11.3 Å². The molecule has 3 rings (SSSR count). The Hall–Kier alpha value is -1.86. The standard InChI is InChI=1S/C12H7BrN2O3S/c13-10-4-3-8(18-10)11(16)14-6-1-2-7-9(5-6)19-12(17)15-7/h1-5H,(H,14,16)(H,15,17). The number of amides is 1. The molecular weight excluding hydrogens is 332 g/mol. The van der Waals surface area contributed by atoms with Crippen molar-refractivity contribution in [3.63, 3.8) is 0 Å². The van der Waals surface area contributed by atoms with Gasteiger partial charge in [-0.25, -0.2) is 0 Å². The van der Waals surface area contributed by atoms with Crippen LogP contribution >= 0.6 is 27.3 Å². The summed E-state index contributed by atoms with van der Waals surface area (Å²) in [6, 6.07) is 8.44. The van der Waals surface area contributed by atoms with Crippen LogP contribution in [0.2, 0.25) is 0 Å². The molecule has 1 amide bonds. The first-order chi connectivity index (χ1) is 9.11. The third kappa shape index (κ3) is 2.47. The number of benzene rings is 1. The van der Waals surface area contributed by atoms with Crippen molar-refractivity contribution in [2.45, 2.75) is 0 Å². The summed E-state index contributed by atoms with van der Waals surface area (Å²) in [4.78, 5) is 25.7. The molecule has 0 saturated carbocycles. The van der Waals surface area contributed by atoms with Crippen LogP contribution in [0.4, 0.5) is 5.69 Å². The molecule has 2 N–H and O–H groups in total. The zero-order chi connectivity index (χ0) is 13.4. The van der Waals surface area contributed by atoms with Gasteiger partial charge in [0.05, 0.1) is 10.2 Å². The number of halogens is 1. The molecule has 2 aromatic heterocycles. The van der Waals surface area contributed by atoms with Crippen molar-refractivity contribution in [1.29, 1.82) is 0 Å². The highest BCUT2D eigenvalue weighted by molar-refractivity contribution is 9.10. The average molecular weight is 339 g/mol. The molecule has 96 valence electrons. The highest BCUT2D eigenvalue weighted by Gasteiger charge is 2.11. The molecule has 0 radical (unpaired) electrons. The van der Waals surface area contributed by atoms with E-state index in [-0.39, 0.29) is 16.5 Å². The van der Waals surface area contributed by atoms with Gasteiger partial charge in [-0.2, -0.15) is 0 Å². The average Bonchev–Trinajstić information content (AvgIpc) is 2.93. The van der Waals surface area contributed by atoms with Crippen molar-refractivity contribution in [3.8, 4) is 0 Å². The van der Waals surface area contributed by atoms with E-state index in [1.165, 1.54) is 0 Å². The Balaban J connectivity index is 1.88. The summed E-state index contributed by atoms with van der Waals surface area (Å²) in [6.45, 7) is 0. The molecule has 1 aromatic carbocycles. The summed E-state index contributed by atoms with van der Waals surface area (Å²) in [5.41, 5.74) is 1.37. The van der Waals surface area contributed by atoms with Crippen LogP contribution in [-0.2, 0) is 0 Å². The van der Waals surface area contributed by atoms with Crippen LogP contribution < -0.4 is 10.2 Å². The Morgan fingerprint density at radius 2 is 2.16 bits per heavy atom. The smallest absolute Gasteiger partial charge is 0.305 e. The maximum atomic E-state index is 11.9. The van der Waals surface area contributed by atoms with Crippen LogP contribution in [0.25, 0.3) is 10.2 Å². The summed E-state index contributed by atoms with van der Waals surface area (Å²) >= 11 is 4.24. The quantitative estimate of drug-likeness (QED) is 0.753. The minimum absolute atomic E-state index is 0.117. The lowest BCUT2D eigenvalue weighted by atomic mass is 10.3. The number of nitrogens with one attached hydrogen (secondary N) is 2. The molecule has 0 spiro atoms. The molecule has 0 saturated heterocycles. The fourth-order valence-corrected chi connectivity index (χ4v) is 2.73. The number of carbonyl (C=O) groups excluding carboxylic acids is 1. The molecule has 2 heterocycles. The number of furan rings is 1. The molecule has 0 fully saturated rings. The van der Waals surface area contributed by atoms with Gasteiger partial charge < -0.3 is 14.7 Å². The molecule has 0 unspecified atom stereocenters. The van der Waals surface area contributed by atoms with Gasteiger partial charge in [0.25, 0.3) is 5.91 Å². The second-order valence-corrected chi connectivity index (χ2v) is 5.58. The van der Waals surface area contributed by atoms with Crippen molar-refractivity contribution >= 4 is 49.1 Å². The predicted octanol–water partition coefficient (Wildman–Crippen LogP) is 3.20. The maximum Gasteiger partial charge on any atom is 0.305 e. The Bertz CT molecular complexity index is 818. The highest BCUT2D eigenvalue weighted by atomic mass is 79.9. The van der Waals surface area contributed by atoms with Crippen LogP contribution in [0.3, 0.4) is 0 Å². The minimum atomic E-state index is -0.340. The number of thiazole rings is 1. The van der Waals surface area contributed by atoms with Crippen LogP contribution in [0.15, 0.2) is 44.2 Å². The third-order valence-electron chi connectivity index (χ3n) is 2.48. The van der Waals surface area contributed by atoms with Gasteiger partial charge in [-0.15, -0.1) is 0 Å². The fourth-order valence-electron chi connectivity index (χ4n) is 1.65. The van der Waals surface area contributed by atoms with E-state index >= 15 is 0 Å². The first-order valence-corrected chi connectivity index (χ1v) is 6.92. The zero-order valence-electron chi connectivity index (χ0n) is 9.40. The summed E-state index contributed by atoms with van der Waals surface area (Å²) in [7, 11) is 0. The second kappa shape index (κ2) is 4.67. The van der Waals surface area contributed by atoms with Gasteiger partial charge in [0.15, 0.2) is 10.4 Å². The lowest BCUT2D eigenvalue weighted by Crippen LogP contribution is -2.10. The number of fused-ring (bicyclic) bond motifs is 1. The van der Waals surface area contributed by atoms with Gasteiger partial charge in [0.1, 0.15) is 0 Å². The molecule has 0 aliphatic rings. The molecule has 5 nitrogen and oxygen atoms in total. The van der Waals surface area contributed by atoms with Crippen molar-refractivity contribution in [2.75, 3.05) is 5.32 Å². The van der Waals surface area contributed by atoms with Crippen molar-refractivity contribution in [1.82, 2.24) is 4.98 Å². The number of carbonyl (C=O) groups is 1. The van der Waals surface area contributed by atoms with Gasteiger partial charge in [0.2, 0.25) is 0 Å². The number of aromatic nitrogens is 1. The SMILES string of the molecule is O=C(Nc1ccc2[nH]c(=O)sc2c1)c1ccc(Br)o1. The summed E-state index contributed by atoms with van der Waals surface area (Å²) in [6.07, 6.45) is 0. The summed E-state index contributed by atoms with van der Waals surface area (Å²) < 4.78 is 6.45. The number of hydrogen-bond donors (Lipinski definition) is 2. The van der Waals surface area contributed by atoms with Crippen molar-refractivity contribution in [3.05, 3.63) is 50.4 Å². The normalized spacial score (nSPS) is 10.8. The third-order valence-corrected chi connectivity index (χ3v) is 3.75. The number of H-pyrrole nitrogens is 1. The van der Waals surface area contributed by atoms with Crippen molar-refractivity contribution < 1.29 is 9.21 Å². The Kier molecular flexibility index (Phi) is 3.00. The van der Waals surface area contributed by atoms with E-state index in [9.17, 15) is 9.59 Å². The minimum Gasteiger partial charge on any atom is -0.444 e. The molecule has 19 heavy (non-hydrogen) atoms. The van der Waals surface area contributed by atoms with Gasteiger partial charge >= 0.3 is 4.87 Å². The molecule has 7 heteroatoms. The largest absolute Gasteiger partial charge is 0.444 e. The van der Waals surface area contributed by atoms with E-state index < -0.39 is 0 Å². The number of rotatable bonds is 2. The molecule has 0 bridgehead atoms. The van der Waals surface area contributed by atoms with E-state index in [4.69, 9.17) is 4.42 Å². The van der Waals surface area contributed by atoms with E-state index in [0.29, 0.717) is 10.4 Å². The Labute approximate surface area is 119 Å². The molecule has 0 aliphatic heterocycles. The van der Waals surface area contributed by atoms with Crippen LogP contribution in [0.5, 0.6) is 0 Å². The lowest BCUT2D eigenvalue weighted by Gasteiger charge is -2.02. The Morgan fingerprint density at radius 3 is 2.89 bits per heavy atom. The van der Waals surface area contributed by atoms with Gasteiger partial charge in [-0.3, -0.25) is 9.59 Å². The van der Waals surface area contributed by atoms with E-state index in [0.717, 1.165) is 21.6 Å². The predicted molar refractivity (Wildman–Crippen MR) is 76.8 cm³/mol. The molecule has 3 aromatic rings. The highest BCUT2D eigenvalue weighted by Crippen LogP contribution is 2.21. The van der Waals surface area contributed by atoms with E-state index in [1.54, 1.807) is 30.3 Å². The van der Waals surface area contributed by atoms with Crippen LogP contribution in [0.1, 0.15) is 10.6 Å². The summed E-state index contributed by atoms with van der Waals surface area (Å²) in [5.74, 6) is -0.123. The fraction of sp³-hybridized carbons (Fsp3) is 0. The first kappa shape index (κ1) is 12.2. The topological polar surface area (TPSA) is 75.1 Å². The monoisotopic (exact) mass is 338 g/mol. The molecule has 0 aliphatic carbocycles. The summed E-state index contributed by atoms with van der Waals surface area (Å²) in [5, 5.41) is 2.71.